The summed E-state index contributed by atoms with van der Waals surface area (Å²) < 4.78 is 38.1. The average molecular weight is 293 g/mol. The molecule has 0 aliphatic carbocycles. The van der Waals surface area contributed by atoms with Gasteiger partial charge in [-0.2, -0.15) is 18.4 Å². The van der Waals surface area contributed by atoms with Gasteiger partial charge in [-0.05, 0) is 36.8 Å². The van der Waals surface area contributed by atoms with Gasteiger partial charge in [0.15, 0.2) is 0 Å². The molecule has 0 spiro atoms. The molecule has 0 atom stereocenters. The summed E-state index contributed by atoms with van der Waals surface area (Å²) in [6.45, 7) is 1.93. The molecule has 0 aliphatic heterocycles. The summed E-state index contributed by atoms with van der Waals surface area (Å²) >= 11 is 1.34. The lowest BCUT2D eigenvalue weighted by Gasteiger charge is -2.10. The molecule has 0 bridgehead atoms. The molecule has 0 N–H and O–H groups in total. The van der Waals surface area contributed by atoms with Crippen LogP contribution in [0.3, 0.4) is 0 Å². The summed E-state index contributed by atoms with van der Waals surface area (Å²) in [4.78, 5) is 1.57. The molecule has 0 unspecified atom stereocenters. The minimum atomic E-state index is -4.50. The molecule has 1 nitrogen and oxygen atoms in total. The molecule has 0 radical (unpaired) electrons. The van der Waals surface area contributed by atoms with E-state index in [-0.39, 0.29) is 5.56 Å². The number of nitrogens with zero attached hydrogens (tertiary/aromatic N) is 1. The van der Waals surface area contributed by atoms with Gasteiger partial charge in [-0.15, -0.1) is 0 Å². The zero-order chi connectivity index (χ0) is 14.8. The van der Waals surface area contributed by atoms with Crippen molar-refractivity contribution in [2.45, 2.75) is 22.9 Å². The van der Waals surface area contributed by atoms with E-state index >= 15 is 0 Å². The Labute approximate surface area is 119 Å². The topological polar surface area (TPSA) is 23.8 Å². The number of nitriles is 1. The van der Waals surface area contributed by atoms with Crippen LogP contribution in [0.15, 0.2) is 52.3 Å². The number of aryl methyl sites for hydroxylation is 1. The number of rotatable bonds is 2. The van der Waals surface area contributed by atoms with Crippen molar-refractivity contribution >= 4 is 11.8 Å². The first kappa shape index (κ1) is 14.5. The Kier molecular flexibility index (Phi) is 4.05. The van der Waals surface area contributed by atoms with Crippen molar-refractivity contribution < 1.29 is 13.2 Å². The van der Waals surface area contributed by atoms with Crippen LogP contribution in [0.2, 0.25) is 0 Å². The molecule has 0 amide bonds. The fourth-order valence-corrected chi connectivity index (χ4v) is 2.67. The predicted molar refractivity (Wildman–Crippen MR) is 71.5 cm³/mol. The van der Waals surface area contributed by atoms with Crippen molar-refractivity contribution in [1.29, 1.82) is 5.26 Å². The van der Waals surface area contributed by atoms with E-state index in [0.29, 0.717) is 4.90 Å². The maximum absolute atomic E-state index is 12.7. The van der Waals surface area contributed by atoms with Gasteiger partial charge in [0.05, 0.1) is 17.2 Å². The fourth-order valence-electron chi connectivity index (χ4n) is 1.72. The van der Waals surface area contributed by atoms with Crippen molar-refractivity contribution in [3.63, 3.8) is 0 Å². The number of hydrogen-bond acceptors (Lipinski definition) is 2. The molecule has 20 heavy (non-hydrogen) atoms. The third-order valence-corrected chi connectivity index (χ3v) is 3.91. The van der Waals surface area contributed by atoms with Gasteiger partial charge in [0.25, 0.3) is 0 Å². The van der Waals surface area contributed by atoms with Crippen molar-refractivity contribution in [1.82, 2.24) is 0 Å². The molecule has 0 saturated heterocycles. The fraction of sp³-hybridized carbons (Fsp3) is 0.133. The van der Waals surface area contributed by atoms with Gasteiger partial charge < -0.3 is 0 Å². The summed E-state index contributed by atoms with van der Waals surface area (Å²) in [7, 11) is 0. The number of halogens is 3. The second-order valence-electron chi connectivity index (χ2n) is 4.18. The molecule has 2 aromatic rings. The summed E-state index contributed by atoms with van der Waals surface area (Å²) in [5.74, 6) is 0. The highest BCUT2D eigenvalue weighted by Gasteiger charge is 2.33. The van der Waals surface area contributed by atoms with Gasteiger partial charge in [-0.3, -0.25) is 0 Å². The molecular formula is C15H10F3NS. The van der Waals surface area contributed by atoms with Crippen LogP contribution in [0.4, 0.5) is 13.2 Å². The van der Waals surface area contributed by atoms with Crippen LogP contribution in [-0.2, 0) is 6.18 Å². The maximum Gasteiger partial charge on any atom is 0.417 e. The van der Waals surface area contributed by atoms with E-state index in [1.807, 2.05) is 31.2 Å². The SMILES string of the molecule is Cc1ccccc1Sc1ccc(C(F)(F)F)c(C#N)c1. The maximum atomic E-state index is 12.7. The predicted octanol–water partition coefficient (Wildman–Crippen LogP) is 5.04. The van der Waals surface area contributed by atoms with Crippen molar-refractivity contribution in [3.8, 4) is 6.07 Å². The van der Waals surface area contributed by atoms with Crippen molar-refractivity contribution in [2.75, 3.05) is 0 Å². The van der Waals surface area contributed by atoms with Crippen LogP contribution < -0.4 is 0 Å². The lowest BCUT2D eigenvalue weighted by molar-refractivity contribution is -0.137. The summed E-state index contributed by atoms with van der Waals surface area (Å²) in [5.41, 5.74) is -0.207. The Bertz CT molecular complexity index is 672. The van der Waals surface area contributed by atoms with Crippen LogP contribution in [0, 0.1) is 18.3 Å². The second-order valence-corrected chi connectivity index (χ2v) is 5.30. The van der Waals surface area contributed by atoms with Gasteiger partial charge in [-0.1, -0.05) is 30.0 Å². The largest absolute Gasteiger partial charge is 0.417 e. The molecule has 2 rings (SSSR count). The monoisotopic (exact) mass is 293 g/mol. The Morgan fingerprint density at radius 2 is 1.80 bits per heavy atom. The quantitative estimate of drug-likeness (QED) is 0.774. The third-order valence-electron chi connectivity index (χ3n) is 2.74. The van der Waals surface area contributed by atoms with Crippen LogP contribution in [0.25, 0.3) is 0 Å². The minimum Gasteiger partial charge on any atom is -0.192 e. The molecule has 0 aromatic heterocycles. The molecular weight excluding hydrogens is 283 g/mol. The van der Waals surface area contributed by atoms with Gasteiger partial charge in [-0.25, -0.2) is 0 Å². The number of alkyl halides is 3. The van der Waals surface area contributed by atoms with E-state index in [9.17, 15) is 13.2 Å². The van der Waals surface area contributed by atoms with Gasteiger partial charge in [0.1, 0.15) is 0 Å². The van der Waals surface area contributed by atoms with Gasteiger partial charge in [0.2, 0.25) is 0 Å². The number of benzene rings is 2. The van der Waals surface area contributed by atoms with E-state index in [0.717, 1.165) is 16.5 Å². The second kappa shape index (κ2) is 5.59. The highest BCUT2D eigenvalue weighted by Crippen LogP contribution is 2.36. The van der Waals surface area contributed by atoms with E-state index in [1.165, 1.54) is 23.9 Å². The zero-order valence-corrected chi connectivity index (χ0v) is 11.3. The average Bonchev–Trinajstić information content (AvgIpc) is 2.40. The molecule has 0 heterocycles. The van der Waals surface area contributed by atoms with E-state index < -0.39 is 11.7 Å². The van der Waals surface area contributed by atoms with E-state index in [2.05, 4.69) is 0 Å². The zero-order valence-electron chi connectivity index (χ0n) is 10.5. The Hall–Kier alpha value is -1.93. The smallest absolute Gasteiger partial charge is 0.192 e. The Morgan fingerprint density at radius 3 is 2.40 bits per heavy atom. The first-order valence-corrected chi connectivity index (χ1v) is 6.58. The van der Waals surface area contributed by atoms with Crippen LogP contribution in [0.5, 0.6) is 0 Å². The van der Waals surface area contributed by atoms with Crippen LogP contribution in [-0.4, -0.2) is 0 Å². The normalized spacial score (nSPS) is 11.2. The molecule has 102 valence electrons. The molecule has 0 saturated carbocycles. The minimum absolute atomic E-state index is 0.351. The van der Waals surface area contributed by atoms with Crippen molar-refractivity contribution in [2.24, 2.45) is 0 Å². The molecule has 2 aromatic carbocycles. The summed E-state index contributed by atoms with van der Waals surface area (Å²) in [6, 6.07) is 12.8. The van der Waals surface area contributed by atoms with Crippen molar-refractivity contribution in [3.05, 3.63) is 59.2 Å². The Morgan fingerprint density at radius 1 is 1.10 bits per heavy atom. The molecule has 0 fully saturated rings. The third kappa shape index (κ3) is 3.14. The highest BCUT2D eigenvalue weighted by atomic mass is 32.2. The standard InChI is InChI=1S/C15H10F3NS/c1-10-4-2-3-5-14(10)20-12-6-7-13(15(16,17)18)11(8-12)9-19/h2-8H,1H3. The highest BCUT2D eigenvalue weighted by molar-refractivity contribution is 7.99. The molecule has 5 heteroatoms. The molecule has 0 aliphatic rings. The van der Waals surface area contributed by atoms with Crippen LogP contribution >= 0.6 is 11.8 Å². The number of hydrogen-bond donors (Lipinski definition) is 0. The van der Waals surface area contributed by atoms with Gasteiger partial charge >= 0.3 is 6.18 Å². The van der Waals surface area contributed by atoms with Gasteiger partial charge in [0, 0.05) is 9.79 Å². The van der Waals surface area contributed by atoms with E-state index in [4.69, 9.17) is 5.26 Å². The first-order chi connectivity index (χ1) is 9.41. The summed E-state index contributed by atoms with van der Waals surface area (Å²) in [5, 5.41) is 8.87. The summed E-state index contributed by atoms with van der Waals surface area (Å²) in [6.07, 6.45) is -4.50. The Balaban J connectivity index is 2.37. The first-order valence-electron chi connectivity index (χ1n) is 5.76. The lowest BCUT2D eigenvalue weighted by Crippen LogP contribution is -2.07. The lowest BCUT2D eigenvalue weighted by atomic mass is 10.1. The van der Waals surface area contributed by atoms with Crippen LogP contribution in [0.1, 0.15) is 16.7 Å². The van der Waals surface area contributed by atoms with E-state index in [1.54, 1.807) is 6.07 Å².